The summed E-state index contributed by atoms with van der Waals surface area (Å²) in [5, 5.41) is 4.00. The van der Waals surface area contributed by atoms with Gasteiger partial charge in [-0.25, -0.2) is 4.79 Å². The number of esters is 1. The van der Waals surface area contributed by atoms with Crippen molar-refractivity contribution >= 4 is 11.7 Å². The molecule has 0 atom stereocenters. The lowest BCUT2D eigenvalue weighted by molar-refractivity contribution is 0.0593. The molecule has 8 nitrogen and oxygen atoms in total. The zero-order chi connectivity index (χ0) is 15.4. The highest BCUT2D eigenvalue weighted by Crippen LogP contribution is 2.21. The second-order valence-electron chi connectivity index (χ2n) is 3.96. The summed E-state index contributed by atoms with van der Waals surface area (Å²) in [4.78, 5) is 23.8. The van der Waals surface area contributed by atoms with Crippen LogP contribution in [0.4, 0.5) is 5.69 Å². The molecule has 0 spiro atoms. The number of nitrogens with one attached hydrogen (secondary N) is 1. The lowest BCUT2D eigenvalue weighted by atomic mass is 10.3. The molecule has 110 valence electrons. The molecule has 1 heterocycles. The normalized spacial score (nSPS) is 10.0. The van der Waals surface area contributed by atoms with Crippen LogP contribution in [0, 0.1) is 0 Å². The highest BCUT2D eigenvalue weighted by Gasteiger charge is 2.18. The molecule has 0 fully saturated rings. The average Bonchev–Trinajstić information content (AvgIpc) is 2.53. The number of ether oxygens (including phenoxy) is 2. The quantitative estimate of drug-likeness (QED) is 0.474. The lowest BCUT2D eigenvalue weighted by Crippen LogP contribution is -2.27. The van der Waals surface area contributed by atoms with E-state index < -0.39 is 11.5 Å². The molecule has 8 heteroatoms. The third-order valence-corrected chi connectivity index (χ3v) is 2.78. The zero-order valence-electron chi connectivity index (χ0n) is 11.5. The van der Waals surface area contributed by atoms with Gasteiger partial charge in [-0.05, 0) is 12.1 Å². The molecule has 0 aliphatic heterocycles. The van der Waals surface area contributed by atoms with Crippen LogP contribution in [0.1, 0.15) is 10.5 Å². The largest absolute Gasteiger partial charge is 0.494 e. The van der Waals surface area contributed by atoms with Crippen LogP contribution in [-0.2, 0) is 4.74 Å². The lowest BCUT2D eigenvalue weighted by Gasteiger charge is -2.12. The van der Waals surface area contributed by atoms with Gasteiger partial charge in [0, 0.05) is 6.07 Å². The Bertz CT molecular complexity index is 726. The van der Waals surface area contributed by atoms with E-state index in [0.29, 0.717) is 11.4 Å². The molecule has 21 heavy (non-hydrogen) atoms. The Morgan fingerprint density at radius 3 is 2.67 bits per heavy atom. The Balaban J connectivity index is 2.70. The molecule has 0 saturated carbocycles. The second kappa shape index (κ2) is 6.06. The van der Waals surface area contributed by atoms with Gasteiger partial charge in [0.2, 0.25) is 0 Å². The Morgan fingerprint density at radius 2 is 2.05 bits per heavy atom. The number of anilines is 1. The van der Waals surface area contributed by atoms with Crippen molar-refractivity contribution in [3.05, 3.63) is 46.4 Å². The maximum absolute atomic E-state index is 12.1. The SMILES string of the molecule is COC(=O)c1nn(-c2ccccc2OC)c(=O)cc1NN. The van der Waals surface area contributed by atoms with Gasteiger partial charge in [-0.3, -0.25) is 10.6 Å². The standard InChI is InChI=1S/C13H14N4O4/c1-20-10-6-4-3-5-9(10)17-11(18)7-8(15-14)12(16-17)13(19)21-2/h3-7,15H,14H2,1-2H3. The van der Waals surface area contributed by atoms with Crippen LogP contribution < -0.4 is 21.6 Å². The second-order valence-corrected chi connectivity index (χ2v) is 3.96. The van der Waals surface area contributed by atoms with Crippen LogP contribution in [0.25, 0.3) is 5.69 Å². The number of carbonyl (C=O) groups excluding carboxylic acids is 1. The zero-order valence-corrected chi connectivity index (χ0v) is 11.5. The summed E-state index contributed by atoms with van der Waals surface area (Å²) < 4.78 is 10.9. The van der Waals surface area contributed by atoms with Gasteiger partial charge in [0.1, 0.15) is 11.4 Å². The number of hydrogen-bond donors (Lipinski definition) is 2. The molecule has 0 saturated heterocycles. The molecule has 0 aliphatic rings. The van der Waals surface area contributed by atoms with Crippen LogP contribution in [0.5, 0.6) is 5.75 Å². The monoisotopic (exact) mass is 290 g/mol. The number of nitrogens with two attached hydrogens (primary N) is 1. The molecule has 1 aromatic carbocycles. The van der Waals surface area contributed by atoms with Crippen LogP contribution in [0.3, 0.4) is 0 Å². The first-order valence-corrected chi connectivity index (χ1v) is 5.95. The topological polar surface area (TPSA) is 108 Å². The summed E-state index contributed by atoms with van der Waals surface area (Å²) in [6, 6.07) is 7.95. The molecule has 0 unspecified atom stereocenters. The van der Waals surface area contributed by atoms with Crippen LogP contribution in [0.2, 0.25) is 0 Å². The number of hydrazine groups is 1. The molecule has 0 aliphatic carbocycles. The first kappa shape index (κ1) is 14.5. The summed E-state index contributed by atoms with van der Waals surface area (Å²) in [6.45, 7) is 0. The van der Waals surface area contributed by atoms with Crippen molar-refractivity contribution in [2.45, 2.75) is 0 Å². The molecule has 0 amide bonds. The van der Waals surface area contributed by atoms with Gasteiger partial charge in [0.15, 0.2) is 5.69 Å². The van der Waals surface area contributed by atoms with Gasteiger partial charge in [0.25, 0.3) is 5.56 Å². The number of methoxy groups -OCH3 is 2. The molecule has 3 N–H and O–H groups in total. The van der Waals surface area contributed by atoms with E-state index in [4.69, 9.17) is 10.6 Å². The van der Waals surface area contributed by atoms with E-state index in [2.05, 4.69) is 15.3 Å². The maximum atomic E-state index is 12.1. The molecule has 2 rings (SSSR count). The highest BCUT2D eigenvalue weighted by atomic mass is 16.5. The number of carbonyl (C=O) groups is 1. The van der Waals surface area contributed by atoms with Gasteiger partial charge in [-0.1, -0.05) is 12.1 Å². The fourth-order valence-corrected chi connectivity index (χ4v) is 1.79. The van der Waals surface area contributed by atoms with E-state index in [1.165, 1.54) is 14.2 Å². The predicted octanol–water partition coefficient (Wildman–Crippen LogP) is 0.313. The first-order chi connectivity index (χ1) is 10.1. The van der Waals surface area contributed by atoms with E-state index in [1.807, 2.05) is 0 Å². The van der Waals surface area contributed by atoms with E-state index in [9.17, 15) is 9.59 Å². The Hall–Kier alpha value is -2.87. The minimum Gasteiger partial charge on any atom is -0.494 e. The van der Waals surface area contributed by atoms with Crippen molar-refractivity contribution in [1.29, 1.82) is 0 Å². The maximum Gasteiger partial charge on any atom is 0.360 e. The average molecular weight is 290 g/mol. The van der Waals surface area contributed by atoms with Crippen molar-refractivity contribution in [3.8, 4) is 11.4 Å². The molecular weight excluding hydrogens is 276 g/mol. The Kier molecular flexibility index (Phi) is 4.19. The van der Waals surface area contributed by atoms with Crippen LogP contribution in [0.15, 0.2) is 35.1 Å². The fraction of sp³-hybridized carbons (Fsp3) is 0.154. The third-order valence-electron chi connectivity index (χ3n) is 2.78. The number of rotatable bonds is 4. The molecule has 2 aromatic rings. The summed E-state index contributed by atoms with van der Waals surface area (Å²) in [5.74, 6) is 5.01. The minimum absolute atomic E-state index is 0.0815. The fourth-order valence-electron chi connectivity index (χ4n) is 1.79. The molecule has 1 aromatic heterocycles. The molecule has 0 radical (unpaired) electrons. The molecular formula is C13H14N4O4. The summed E-state index contributed by atoms with van der Waals surface area (Å²) >= 11 is 0. The number of aromatic nitrogens is 2. The van der Waals surface area contributed by atoms with Crippen molar-refractivity contribution in [1.82, 2.24) is 9.78 Å². The van der Waals surface area contributed by atoms with Crippen molar-refractivity contribution in [2.24, 2.45) is 5.84 Å². The predicted molar refractivity (Wildman–Crippen MR) is 75.5 cm³/mol. The van der Waals surface area contributed by atoms with E-state index in [0.717, 1.165) is 10.7 Å². The van der Waals surface area contributed by atoms with Gasteiger partial charge in [-0.15, -0.1) is 0 Å². The first-order valence-electron chi connectivity index (χ1n) is 5.95. The number of hydrogen-bond acceptors (Lipinski definition) is 7. The third kappa shape index (κ3) is 2.70. The highest BCUT2D eigenvalue weighted by molar-refractivity contribution is 5.93. The van der Waals surface area contributed by atoms with Gasteiger partial charge in [-0.2, -0.15) is 9.78 Å². The van der Waals surface area contributed by atoms with Crippen molar-refractivity contribution < 1.29 is 14.3 Å². The van der Waals surface area contributed by atoms with E-state index in [-0.39, 0.29) is 11.4 Å². The van der Waals surface area contributed by atoms with E-state index in [1.54, 1.807) is 24.3 Å². The summed E-state index contributed by atoms with van der Waals surface area (Å²) in [7, 11) is 2.68. The summed E-state index contributed by atoms with van der Waals surface area (Å²) in [5.41, 5.74) is 2.16. The van der Waals surface area contributed by atoms with Crippen LogP contribution >= 0.6 is 0 Å². The van der Waals surface area contributed by atoms with E-state index >= 15 is 0 Å². The van der Waals surface area contributed by atoms with Crippen molar-refractivity contribution in [3.63, 3.8) is 0 Å². The Morgan fingerprint density at radius 1 is 1.33 bits per heavy atom. The van der Waals surface area contributed by atoms with Crippen molar-refractivity contribution in [2.75, 3.05) is 19.6 Å². The number of nitrogens with zero attached hydrogens (tertiary/aromatic N) is 2. The van der Waals surface area contributed by atoms with Gasteiger partial charge >= 0.3 is 5.97 Å². The summed E-state index contributed by atoms with van der Waals surface area (Å²) in [6.07, 6.45) is 0. The van der Waals surface area contributed by atoms with Gasteiger partial charge in [0.05, 0.1) is 19.9 Å². The number of para-hydroxylation sites is 2. The molecule has 0 bridgehead atoms. The smallest absolute Gasteiger partial charge is 0.360 e. The number of nitrogen functional groups attached to an aromatic ring is 1. The Labute approximate surface area is 120 Å². The van der Waals surface area contributed by atoms with Crippen LogP contribution in [-0.4, -0.2) is 30.0 Å². The minimum atomic E-state index is -0.716. The number of benzene rings is 1. The van der Waals surface area contributed by atoms with Gasteiger partial charge < -0.3 is 14.9 Å².